The molecule has 0 fully saturated rings. The highest BCUT2D eigenvalue weighted by Crippen LogP contribution is 2.22. The Kier molecular flexibility index (Phi) is 2.74. The first-order valence-corrected chi connectivity index (χ1v) is 6.30. The molecular weight excluding hydrogens is 240 g/mol. The lowest BCUT2D eigenvalue weighted by Crippen LogP contribution is -2.36. The molecule has 19 heavy (non-hydrogen) atoms. The van der Waals surface area contributed by atoms with Crippen molar-refractivity contribution in [3.8, 4) is 0 Å². The molecule has 0 saturated heterocycles. The number of anilines is 1. The van der Waals surface area contributed by atoms with Crippen LogP contribution in [0, 0.1) is 0 Å². The predicted molar refractivity (Wildman–Crippen MR) is 72.5 cm³/mol. The third-order valence-corrected chi connectivity index (χ3v) is 3.46. The summed E-state index contributed by atoms with van der Waals surface area (Å²) in [6, 6.07) is 7.66. The van der Waals surface area contributed by atoms with E-state index in [1.54, 1.807) is 16.9 Å². The minimum Gasteiger partial charge on any atom is -0.399 e. The van der Waals surface area contributed by atoms with E-state index in [9.17, 15) is 4.79 Å². The molecule has 1 aliphatic heterocycles. The average Bonchev–Trinajstić information content (AvgIpc) is 2.83. The van der Waals surface area contributed by atoms with Crippen LogP contribution in [0.2, 0.25) is 0 Å². The van der Waals surface area contributed by atoms with Crippen molar-refractivity contribution in [3.63, 3.8) is 0 Å². The molecule has 5 nitrogen and oxygen atoms in total. The standard InChI is InChI=1S/C14H16N4O/c1-17-6-5-13(16-17)14(19)18-7-4-10-2-3-12(15)8-11(10)9-18/h2-3,5-6,8H,4,7,9,15H2,1H3. The summed E-state index contributed by atoms with van der Waals surface area (Å²) in [5.74, 6) is -0.0197. The van der Waals surface area contributed by atoms with Crippen LogP contribution >= 0.6 is 0 Å². The predicted octanol–water partition coefficient (Wildman–Crippen LogP) is 1.20. The Hall–Kier alpha value is -2.30. The summed E-state index contributed by atoms with van der Waals surface area (Å²) < 4.78 is 1.64. The number of aromatic nitrogens is 2. The van der Waals surface area contributed by atoms with Crippen molar-refractivity contribution >= 4 is 11.6 Å². The summed E-state index contributed by atoms with van der Waals surface area (Å²) in [6.07, 6.45) is 2.65. The number of fused-ring (bicyclic) bond motifs is 1. The van der Waals surface area contributed by atoms with Crippen molar-refractivity contribution in [2.24, 2.45) is 7.05 Å². The molecular formula is C14H16N4O. The summed E-state index contributed by atoms with van der Waals surface area (Å²) in [5.41, 5.74) is 9.45. The zero-order valence-corrected chi connectivity index (χ0v) is 10.8. The van der Waals surface area contributed by atoms with Gasteiger partial charge in [-0.05, 0) is 35.7 Å². The second kappa shape index (κ2) is 4.42. The highest BCUT2D eigenvalue weighted by Gasteiger charge is 2.23. The van der Waals surface area contributed by atoms with E-state index in [1.165, 1.54) is 5.56 Å². The molecule has 5 heteroatoms. The Labute approximate surface area is 111 Å². The zero-order valence-electron chi connectivity index (χ0n) is 10.8. The fourth-order valence-electron chi connectivity index (χ4n) is 2.44. The van der Waals surface area contributed by atoms with Crippen LogP contribution in [0.3, 0.4) is 0 Å². The number of nitrogens with two attached hydrogens (primary N) is 1. The van der Waals surface area contributed by atoms with Gasteiger partial charge in [0.15, 0.2) is 0 Å². The number of hydrogen-bond acceptors (Lipinski definition) is 3. The lowest BCUT2D eigenvalue weighted by molar-refractivity contribution is 0.0728. The number of carbonyl (C=O) groups excluding carboxylic acids is 1. The number of rotatable bonds is 1. The molecule has 0 unspecified atom stereocenters. The molecule has 0 atom stereocenters. The van der Waals surface area contributed by atoms with Crippen molar-refractivity contribution in [2.45, 2.75) is 13.0 Å². The van der Waals surface area contributed by atoms with Crippen LogP contribution in [0.1, 0.15) is 21.6 Å². The van der Waals surface area contributed by atoms with Crippen LogP contribution in [0.15, 0.2) is 30.5 Å². The second-order valence-electron chi connectivity index (χ2n) is 4.88. The SMILES string of the molecule is Cn1ccc(C(=O)N2CCc3ccc(N)cc3C2)n1. The van der Waals surface area contributed by atoms with Gasteiger partial charge in [0, 0.05) is 32.0 Å². The van der Waals surface area contributed by atoms with Crippen LogP contribution < -0.4 is 5.73 Å². The minimum atomic E-state index is -0.0197. The van der Waals surface area contributed by atoms with Gasteiger partial charge in [0.2, 0.25) is 0 Å². The molecule has 2 aromatic rings. The van der Waals surface area contributed by atoms with Gasteiger partial charge in [0.05, 0.1) is 0 Å². The second-order valence-corrected chi connectivity index (χ2v) is 4.88. The summed E-state index contributed by atoms with van der Waals surface area (Å²) in [5, 5.41) is 4.16. The third kappa shape index (κ3) is 2.19. The molecule has 0 radical (unpaired) electrons. The lowest BCUT2D eigenvalue weighted by atomic mass is 9.99. The first kappa shape index (κ1) is 11.8. The van der Waals surface area contributed by atoms with E-state index in [0.717, 1.165) is 24.2 Å². The van der Waals surface area contributed by atoms with Gasteiger partial charge in [-0.1, -0.05) is 6.07 Å². The fourth-order valence-corrected chi connectivity index (χ4v) is 2.44. The van der Waals surface area contributed by atoms with Crippen LogP contribution in [0.5, 0.6) is 0 Å². The molecule has 1 aromatic heterocycles. The monoisotopic (exact) mass is 256 g/mol. The summed E-state index contributed by atoms with van der Waals surface area (Å²) >= 11 is 0. The molecule has 0 bridgehead atoms. The molecule has 2 heterocycles. The van der Waals surface area contributed by atoms with Crippen molar-refractivity contribution in [2.75, 3.05) is 12.3 Å². The van der Waals surface area contributed by atoms with Gasteiger partial charge in [0.1, 0.15) is 5.69 Å². The molecule has 98 valence electrons. The molecule has 1 aliphatic rings. The maximum atomic E-state index is 12.3. The number of nitrogens with zero attached hydrogens (tertiary/aromatic N) is 3. The van der Waals surface area contributed by atoms with E-state index in [-0.39, 0.29) is 5.91 Å². The van der Waals surface area contributed by atoms with Crippen molar-refractivity contribution in [1.82, 2.24) is 14.7 Å². The van der Waals surface area contributed by atoms with Crippen LogP contribution in [-0.2, 0) is 20.0 Å². The van der Waals surface area contributed by atoms with Crippen molar-refractivity contribution < 1.29 is 4.79 Å². The van der Waals surface area contributed by atoms with Crippen LogP contribution in [-0.4, -0.2) is 27.1 Å². The lowest BCUT2D eigenvalue weighted by Gasteiger charge is -2.28. The van der Waals surface area contributed by atoms with Gasteiger partial charge in [-0.2, -0.15) is 5.10 Å². The molecule has 1 aromatic carbocycles. The molecule has 1 amide bonds. The van der Waals surface area contributed by atoms with Gasteiger partial charge in [-0.15, -0.1) is 0 Å². The third-order valence-electron chi connectivity index (χ3n) is 3.46. The first-order valence-electron chi connectivity index (χ1n) is 6.30. The highest BCUT2D eigenvalue weighted by atomic mass is 16.2. The average molecular weight is 256 g/mol. The van der Waals surface area contributed by atoms with Crippen LogP contribution in [0.25, 0.3) is 0 Å². The minimum absolute atomic E-state index is 0.0197. The van der Waals surface area contributed by atoms with E-state index in [1.807, 2.05) is 30.1 Å². The van der Waals surface area contributed by atoms with E-state index in [2.05, 4.69) is 5.10 Å². The summed E-state index contributed by atoms with van der Waals surface area (Å²) in [7, 11) is 1.81. The Morgan fingerprint density at radius 2 is 2.16 bits per heavy atom. The highest BCUT2D eigenvalue weighted by molar-refractivity contribution is 5.92. The van der Waals surface area contributed by atoms with Gasteiger partial charge in [-0.25, -0.2) is 0 Å². The first-order chi connectivity index (χ1) is 9.13. The molecule has 0 aliphatic carbocycles. The smallest absolute Gasteiger partial charge is 0.274 e. The number of carbonyl (C=O) groups is 1. The Morgan fingerprint density at radius 3 is 2.89 bits per heavy atom. The van der Waals surface area contributed by atoms with E-state index in [4.69, 9.17) is 5.73 Å². The quantitative estimate of drug-likeness (QED) is 0.780. The van der Waals surface area contributed by atoms with Gasteiger partial charge in [0.25, 0.3) is 5.91 Å². The number of aryl methyl sites for hydroxylation is 1. The number of benzene rings is 1. The Balaban J connectivity index is 1.83. The molecule has 0 spiro atoms. The molecule has 0 saturated carbocycles. The van der Waals surface area contributed by atoms with E-state index < -0.39 is 0 Å². The van der Waals surface area contributed by atoms with Crippen molar-refractivity contribution in [3.05, 3.63) is 47.3 Å². The molecule has 3 rings (SSSR count). The van der Waals surface area contributed by atoms with Gasteiger partial charge in [-0.3, -0.25) is 9.48 Å². The van der Waals surface area contributed by atoms with Gasteiger partial charge < -0.3 is 10.6 Å². The van der Waals surface area contributed by atoms with Crippen LogP contribution in [0.4, 0.5) is 5.69 Å². The fraction of sp³-hybridized carbons (Fsp3) is 0.286. The summed E-state index contributed by atoms with van der Waals surface area (Å²) in [4.78, 5) is 14.2. The Morgan fingerprint density at radius 1 is 1.32 bits per heavy atom. The zero-order chi connectivity index (χ0) is 13.4. The van der Waals surface area contributed by atoms with Gasteiger partial charge >= 0.3 is 0 Å². The molecule has 2 N–H and O–H groups in total. The largest absolute Gasteiger partial charge is 0.399 e. The maximum Gasteiger partial charge on any atom is 0.274 e. The summed E-state index contributed by atoms with van der Waals surface area (Å²) in [6.45, 7) is 1.34. The van der Waals surface area contributed by atoms with E-state index >= 15 is 0 Å². The Bertz CT molecular complexity index is 632. The van der Waals surface area contributed by atoms with E-state index in [0.29, 0.717) is 12.2 Å². The topological polar surface area (TPSA) is 64.2 Å². The normalized spacial score (nSPS) is 14.3. The number of amides is 1. The number of nitrogen functional groups attached to an aromatic ring is 1. The number of hydrogen-bond donors (Lipinski definition) is 1. The maximum absolute atomic E-state index is 12.3. The van der Waals surface area contributed by atoms with Crippen molar-refractivity contribution in [1.29, 1.82) is 0 Å².